The van der Waals surface area contributed by atoms with Gasteiger partial charge in [-0.3, -0.25) is 19.3 Å². The number of likely N-dealkylation sites (N-methyl/N-ethyl adjacent to an activating group) is 2. The third-order valence-corrected chi connectivity index (χ3v) is 7.57. The number of hydrogen-bond donors (Lipinski definition) is 2. The lowest BCUT2D eigenvalue weighted by atomic mass is 9.82. The Morgan fingerprint density at radius 1 is 1.02 bits per heavy atom. The number of hydrogen-bond acceptors (Lipinski definition) is 5. The van der Waals surface area contributed by atoms with Crippen molar-refractivity contribution >= 4 is 29.2 Å². The molecule has 2 heterocycles. The van der Waals surface area contributed by atoms with E-state index in [2.05, 4.69) is 15.7 Å². The molecule has 244 valence electrons. The van der Waals surface area contributed by atoms with Gasteiger partial charge >= 0.3 is 6.18 Å². The van der Waals surface area contributed by atoms with E-state index in [9.17, 15) is 27.6 Å². The van der Waals surface area contributed by atoms with Gasteiger partial charge in [-0.2, -0.15) is 18.3 Å². The Bertz CT molecular complexity index is 1820. The molecule has 0 bridgehead atoms. The minimum absolute atomic E-state index is 0.102. The summed E-state index contributed by atoms with van der Waals surface area (Å²) >= 11 is 0. The molecule has 0 spiro atoms. The summed E-state index contributed by atoms with van der Waals surface area (Å²) in [6, 6.07) is 15.3. The van der Waals surface area contributed by atoms with Crippen LogP contribution in [0.3, 0.4) is 0 Å². The number of halogens is 4. The lowest BCUT2D eigenvalue weighted by Crippen LogP contribution is -2.55. The van der Waals surface area contributed by atoms with Gasteiger partial charge in [-0.15, -0.1) is 0 Å². The normalized spacial score (nSPS) is 16.4. The molecule has 1 aliphatic rings. The molecule has 1 aliphatic heterocycles. The molecule has 1 aromatic heterocycles. The van der Waals surface area contributed by atoms with Crippen LogP contribution >= 0.6 is 0 Å². The zero-order chi connectivity index (χ0) is 33.9. The molecule has 13 heteroatoms. The van der Waals surface area contributed by atoms with Crippen molar-refractivity contribution in [2.24, 2.45) is 0 Å². The molecule has 4 aromatic rings. The fraction of sp³-hybridized carbons (Fsp3) is 0.235. The number of carbonyl (C=O) groups excluding carboxylic acids is 3. The molecular weight excluding hydrogens is 616 g/mol. The lowest BCUT2D eigenvalue weighted by Gasteiger charge is -2.38. The minimum atomic E-state index is -4.69. The van der Waals surface area contributed by atoms with E-state index < -0.39 is 47.2 Å². The summed E-state index contributed by atoms with van der Waals surface area (Å²) in [5.41, 5.74) is 0.0929. The van der Waals surface area contributed by atoms with E-state index in [0.29, 0.717) is 29.7 Å². The molecule has 9 nitrogen and oxygen atoms in total. The van der Waals surface area contributed by atoms with Gasteiger partial charge in [-0.25, -0.2) is 9.07 Å². The number of alkyl halides is 3. The second-order valence-electron chi connectivity index (χ2n) is 11.2. The molecule has 0 radical (unpaired) electrons. The van der Waals surface area contributed by atoms with Crippen molar-refractivity contribution in [2.75, 3.05) is 37.4 Å². The largest absolute Gasteiger partial charge is 0.416 e. The van der Waals surface area contributed by atoms with Gasteiger partial charge in [-0.1, -0.05) is 30.3 Å². The minimum Gasteiger partial charge on any atom is -0.339 e. The molecule has 2 atom stereocenters. The van der Waals surface area contributed by atoms with Crippen LogP contribution in [0.15, 0.2) is 91.1 Å². The molecule has 3 aromatic carbocycles. The van der Waals surface area contributed by atoms with Crippen molar-refractivity contribution in [3.8, 4) is 5.69 Å². The number of fused-ring (bicyclic) bond motifs is 1. The Kier molecular flexibility index (Phi) is 9.56. The maximum absolute atomic E-state index is 15.2. The SMILES string of the molecule is CCN1C(=O)[C@@H](NC(=O)c2cccc(C(F)(F)F)c2)C(c2cc(F)cc(NC(=O)/C=C/CN(C)C)c2)c2cnn(-c3ccccc3)c21. The van der Waals surface area contributed by atoms with Gasteiger partial charge in [-0.05, 0) is 75.1 Å². The topological polar surface area (TPSA) is 99.6 Å². The van der Waals surface area contributed by atoms with Crippen molar-refractivity contribution in [1.82, 2.24) is 20.0 Å². The predicted molar refractivity (Wildman–Crippen MR) is 169 cm³/mol. The van der Waals surface area contributed by atoms with Gasteiger partial charge in [0.1, 0.15) is 17.7 Å². The van der Waals surface area contributed by atoms with Crippen molar-refractivity contribution in [1.29, 1.82) is 0 Å². The first kappa shape index (κ1) is 33.1. The van der Waals surface area contributed by atoms with Gasteiger partial charge in [0.15, 0.2) is 0 Å². The fourth-order valence-electron chi connectivity index (χ4n) is 5.50. The van der Waals surface area contributed by atoms with Crippen LogP contribution < -0.4 is 15.5 Å². The maximum atomic E-state index is 15.2. The average molecular weight is 649 g/mol. The number of anilines is 2. The summed E-state index contributed by atoms with van der Waals surface area (Å²) in [6.45, 7) is 2.40. The van der Waals surface area contributed by atoms with Crippen molar-refractivity contribution < 1.29 is 31.9 Å². The van der Waals surface area contributed by atoms with Gasteiger partial charge in [0, 0.05) is 41.9 Å². The maximum Gasteiger partial charge on any atom is 0.416 e. The van der Waals surface area contributed by atoms with Crippen LogP contribution in [-0.4, -0.2) is 65.6 Å². The molecule has 47 heavy (non-hydrogen) atoms. The first-order valence-corrected chi connectivity index (χ1v) is 14.7. The van der Waals surface area contributed by atoms with Crippen molar-refractivity contribution in [2.45, 2.75) is 25.1 Å². The number of amides is 3. The van der Waals surface area contributed by atoms with E-state index in [4.69, 9.17) is 0 Å². The number of aromatic nitrogens is 2. The smallest absolute Gasteiger partial charge is 0.339 e. The van der Waals surface area contributed by atoms with E-state index in [0.717, 1.165) is 18.2 Å². The summed E-state index contributed by atoms with van der Waals surface area (Å²) in [7, 11) is 3.67. The van der Waals surface area contributed by atoms with Crippen LogP contribution in [0, 0.1) is 5.82 Å². The Balaban J connectivity index is 1.61. The van der Waals surface area contributed by atoms with Crippen LogP contribution in [-0.2, 0) is 15.8 Å². The third-order valence-electron chi connectivity index (χ3n) is 7.57. The van der Waals surface area contributed by atoms with E-state index >= 15 is 4.39 Å². The molecule has 5 rings (SSSR count). The zero-order valence-electron chi connectivity index (χ0n) is 25.8. The highest BCUT2D eigenvalue weighted by Crippen LogP contribution is 2.42. The highest BCUT2D eigenvalue weighted by Gasteiger charge is 2.44. The molecule has 2 N–H and O–H groups in total. The summed E-state index contributed by atoms with van der Waals surface area (Å²) in [6.07, 6.45) is -0.228. The number of para-hydroxylation sites is 1. The summed E-state index contributed by atoms with van der Waals surface area (Å²) in [4.78, 5) is 43.5. The fourth-order valence-corrected chi connectivity index (χ4v) is 5.50. The lowest BCUT2D eigenvalue weighted by molar-refractivity contribution is -0.137. The van der Waals surface area contributed by atoms with Crippen molar-refractivity contribution in [3.05, 3.63) is 119 Å². The zero-order valence-corrected chi connectivity index (χ0v) is 25.8. The van der Waals surface area contributed by atoms with E-state index in [1.807, 2.05) is 25.1 Å². The molecule has 0 saturated heterocycles. The Hall–Kier alpha value is -5.30. The molecule has 0 fully saturated rings. The highest BCUT2D eigenvalue weighted by molar-refractivity contribution is 6.05. The molecule has 0 aliphatic carbocycles. The summed E-state index contributed by atoms with van der Waals surface area (Å²) < 4.78 is 57.1. The van der Waals surface area contributed by atoms with Gasteiger partial charge in [0.2, 0.25) is 5.91 Å². The third kappa shape index (κ3) is 7.25. The molecule has 1 unspecified atom stereocenters. The average Bonchev–Trinajstić information content (AvgIpc) is 3.45. The van der Waals surface area contributed by atoms with Gasteiger partial charge in [0.25, 0.3) is 11.8 Å². The number of rotatable bonds is 9. The Labute approximate surface area is 268 Å². The van der Waals surface area contributed by atoms with Crippen LogP contribution in [0.1, 0.15) is 39.9 Å². The Morgan fingerprint density at radius 2 is 1.77 bits per heavy atom. The van der Waals surface area contributed by atoms with E-state index in [1.165, 1.54) is 35.4 Å². The van der Waals surface area contributed by atoms with E-state index in [-0.39, 0.29) is 23.4 Å². The number of nitrogens with one attached hydrogen (secondary N) is 2. The first-order valence-electron chi connectivity index (χ1n) is 14.7. The van der Waals surface area contributed by atoms with Crippen LogP contribution in [0.5, 0.6) is 0 Å². The summed E-state index contributed by atoms with van der Waals surface area (Å²) in [5.74, 6) is -3.38. The quantitative estimate of drug-likeness (QED) is 0.188. The summed E-state index contributed by atoms with van der Waals surface area (Å²) in [5, 5.41) is 9.79. The van der Waals surface area contributed by atoms with Crippen LogP contribution in [0.2, 0.25) is 0 Å². The Morgan fingerprint density at radius 3 is 2.45 bits per heavy atom. The van der Waals surface area contributed by atoms with Gasteiger partial charge in [0.05, 0.1) is 17.4 Å². The van der Waals surface area contributed by atoms with Crippen molar-refractivity contribution in [3.63, 3.8) is 0 Å². The number of nitrogens with zero attached hydrogens (tertiary/aromatic N) is 4. The molecule has 0 saturated carbocycles. The van der Waals surface area contributed by atoms with Crippen LogP contribution in [0.4, 0.5) is 29.1 Å². The van der Waals surface area contributed by atoms with Gasteiger partial charge < -0.3 is 15.5 Å². The number of benzene rings is 3. The molecular formula is C34H32F4N6O3. The standard InChI is InChI=1S/C34H32F4N6O3/c1-4-43-32-27(20-39-44(32)26-12-6-5-7-13-26)29(22-17-24(35)19-25(18-22)40-28(45)14-9-15-42(2)3)30(33(43)47)41-31(46)21-10-8-11-23(16-21)34(36,37)38/h5-14,16-20,29-30H,4,15H2,1-3H3,(H,40,45)(H,41,46)/b14-9+/t29?,30-/m0/s1. The number of carbonyl (C=O) groups is 3. The molecule has 3 amide bonds. The van der Waals surface area contributed by atoms with Crippen LogP contribution in [0.25, 0.3) is 5.69 Å². The second kappa shape index (κ2) is 13.6. The first-order chi connectivity index (χ1) is 22.4. The second-order valence-corrected chi connectivity index (χ2v) is 11.2. The van der Waals surface area contributed by atoms with E-state index in [1.54, 1.807) is 41.9 Å². The monoisotopic (exact) mass is 648 g/mol. The highest BCUT2D eigenvalue weighted by atomic mass is 19.4. The predicted octanol–water partition coefficient (Wildman–Crippen LogP) is 5.38.